The van der Waals surface area contributed by atoms with Gasteiger partial charge in [0.1, 0.15) is 0 Å². The van der Waals surface area contributed by atoms with Crippen molar-refractivity contribution in [2.24, 2.45) is 5.73 Å². The van der Waals surface area contributed by atoms with Crippen molar-refractivity contribution in [1.29, 1.82) is 0 Å². The van der Waals surface area contributed by atoms with E-state index in [4.69, 9.17) is 5.73 Å². The Morgan fingerprint density at radius 2 is 1.59 bits per heavy atom. The summed E-state index contributed by atoms with van der Waals surface area (Å²) in [4.78, 5) is 2.25. The molecule has 0 spiro atoms. The molecule has 0 radical (unpaired) electrons. The normalized spacial score (nSPS) is 12.9. The van der Waals surface area contributed by atoms with Crippen LogP contribution in [-0.2, 0) is 16.4 Å². The number of fused-ring (bicyclic) bond motifs is 1. The lowest BCUT2D eigenvalue weighted by atomic mass is 10.1. The monoisotopic (exact) mass is 383 g/mol. The molecule has 3 N–H and O–H groups in total. The van der Waals surface area contributed by atoms with Crippen LogP contribution in [0.15, 0.2) is 71.6 Å². The van der Waals surface area contributed by atoms with Crippen LogP contribution >= 0.6 is 0 Å². The summed E-state index contributed by atoms with van der Waals surface area (Å²) >= 11 is 0. The van der Waals surface area contributed by atoms with Gasteiger partial charge in [0.15, 0.2) is 0 Å². The van der Waals surface area contributed by atoms with Gasteiger partial charge in [-0.2, -0.15) is 0 Å². The van der Waals surface area contributed by atoms with Gasteiger partial charge in [-0.25, -0.2) is 13.1 Å². The molecule has 0 heterocycles. The van der Waals surface area contributed by atoms with Crippen molar-refractivity contribution >= 4 is 26.5 Å². The van der Waals surface area contributed by atoms with E-state index in [1.165, 1.54) is 0 Å². The summed E-state index contributed by atoms with van der Waals surface area (Å²) in [6.45, 7) is 0.182. The third kappa shape index (κ3) is 4.47. The lowest BCUT2D eigenvalue weighted by Gasteiger charge is -2.18. The quantitative estimate of drug-likeness (QED) is 0.658. The van der Waals surface area contributed by atoms with Gasteiger partial charge in [-0.1, -0.05) is 54.6 Å². The Kier molecular flexibility index (Phi) is 5.79. The van der Waals surface area contributed by atoms with Crippen LogP contribution in [0.2, 0.25) is 0 Å². The third-order valence-electron chi connectivity index (χ3n) is 4.51. The lowest BCUT2D eigenvalue weighted by Crippen LogP contribution is -2.38. The molecule has 0 unspecified atom stereocenters. The molecule has 0 fully saturated rings. The highest BCUT2D eigenvalue weighted by atomic mass is 32.2. The molecule has 3 aromatic rings. The summed E-state index contributed by atoms with van der Waals surface area (Å²) in [6, 6.07) is 20.5. The van der Waals surface area contributed by atoms with E-state index in [0.717, 1.165) is 16.6 Å². The minimum absolute atomic E-state index is 0.182. The van der Waals surface area contributed by atoms with Gasteiger partial charge in [-0.05, 0) is 24.1 Å². The Morgan fingerprint density at radius 3 is 2.30 bits per heavy atom. The lowest BCUT2D eigenvalue weighted by molar-refractivity contribution is 0.567. The Bertz CT molecular complexity index is 1020. The van der Waals surface area contributed by atoms with Crippen LogP contribution in [0.1, 0.15) is 5.56 Å². The molecule has 3 rings (SSSR count). The Hall–Kier alpha value is -2.41. The van der Waals surface area contributed by atoms with E-state index >= 15 is 0 Å². The van der Waals surface area contributed by atoms with Crippen molar-refractivity contribution in [3.63, 3.8) is 0 Å². The van der Waals surface area contributed by atoms with E-state index in [0.29, 0.717) is 11.8 Å². The molecule has 0 amide bonds. The number of rotatable bonds is 7. The molecule has 5 nitrogen and oxygen atoms in total. The number of benzene rings is 3. The molecule has 0 aliphatic heterocycles. The van der Waals surface area contributed by atoms with E-state index < -0.39 is 10.0 Å². The maximum Gasteiger partial charge on any atom is 0.241 e. The minimum Gasteiger partial charge on any atom is -0.377 e. The molecule has 0 aromatic heterocycles. The van der Waals surface area contributed by atoms with Crippen molar-refractivity contribution in [3.8, 4) is 0 Å². The van der Waals surface area contributed by atoms with Crippen molar-refractivity contribution in [2.75, 3.05) is 25.5 Å². The molecule has 1 atom stereocenters. The van der Waals surface area contributed by atoms with Gasteiger partial charge < -0.3 is 10.6 Å². The highest BCUT2D eigenvalue weighted by Gasteiger charge is 2.19. The van der Waals surface area contributed by atoms with E-state index in [9.17, 15) is 8.42 Å². The predicted octanol–water partition coefficient (Wildman–Crippen LogP) is 2.75. The Balaban J connectivity index is 1.82. The minimum atomic E-state index is -3.67. The summed E-state index contributed by atoms with van der Waals surface area (Å²) < 4.78 is 28.5. The van der Waals surface area contributed by atoms with Crippen LogP contribution < -0.4 is 15.4 Å². The predicted molar refractivity (Wildman–Crippen MR) is 112 cm³/mol. The van der Waals surface area contributed by atoms with Crippen LogP contribution in [0.5, 0.6) is 0 Å². The summed E-state index contributed by atoms with van der Waals surface area (Å²) in [5.74, 6) is 0. The fraction of sp³-hybridized carbons (Fsp3) is 0.238. The SMILES string of the molecule is CN(C)c1cccc2c(S(=O)(=O)NC[C@@H](N)Cc3ccccc3)cccc12. The van der Waals surface area contributed by atoms with E-state index in [-0.39, 0.29) is 17.5 Å². The van der Waals surface area contributed by atoms with Gasteiger partial charge >= 0.3 is 0 Å². The topological polar surface area (TPSA) is 75.4 Å². The summed E-state index contributed by atoms with van der Waals surface area (Å²) in [6.07, 6.45) is 0.615. The van der Waals surface area contributed by atoms with Crippen molar-refractivity contribution < 1.29 is 8.42 Å². The number of nitrogens with two attached hydrogens (primary N) is 1. The molecule has 27 heavy (non-hydrogen) atoms. The second-order valence-electron chi connectivity index (χ2n) is 6.82. The first-order valence-corrected chi connectivity index (χ1v) is 10.3. The first-order valence-electron chi connectivity index (χ1n) is 8.87. The fourth-order valence-electron chi connectivity index (χ4n) is 3.17. The molecule has 0 saturated heterocycles. The zero-order valence-electron chi connectivity index (χ0n) is 15.6. The number of sulfonamides is 1. The highest BCUT2D eigenvalue weighted by molar-refractivity contribution is 7.89. The third-order valence-corrected chi connectivity index (χ3v) is 5.99. The van der Waals surface area contributed by atoms with Gasteiger partial charge in [0.05, 0.1) is 4.90 Å². The molecule has 6 heteroatoms. The van der Waals surface area contributed by atoms with E-state index in [2.05, 4.69) is 4.72 Å². The first kappa shape index (κ1) is 19.4. The highest BCUT2D eigenvalue weighted by Crippen LogP contribution is 2.30. The number of anilines is 1. The number of nitrogens with one attached hydrogen (secondary N) is 1. The Morgan fingerprint density at radius 1 is 0.926 bits per heavy atom. The van der Waals surface area contributed by atoms with Crippen molar-refractivity contribution in [2.45, 2.75) is 17.4 Å². The van der Waals surface area contributed by atoms with Crippen molar-refractivity contribution in [1.82, 2.24) is 4.72 Å². The largest absolute Gasteiger partial charge is 0.377 e. The second kappa shape index (κ2) is 8.08. The Labute approximate surface area is 160 Å². The second-order valence-corrected chi connectivity index (χ2v) is 8.56. The first-order chi connectivity index (χ1) is 12.9. The maximum atomic E-state index is 12.9. The van der Waals surface area contributed by atoms with E-state index in [1.54, 1.807) is 12.1 Å². The number of nitrogens with zero attached hydrogens (tertiary/aromatic N) is 1. The average molecular weight is 384 g/mol. The van der Waals surface area contributed by atoms with Crippen molar-refractivity contribution in [3.05, 3.63) is 72.3 Å². The zero-order chi connectivity index (χ0) is 19.4. The van der Waals surface area contributed by atoms with Gasteiger partial charge in [0.25, 0.3) is 0 Å². The van der Waals surface area contributed by atoms with Crippen LogP contribution in [0.25, 0.3) is 10.8 Å². The van der Waals surface area contributed by atoms with Gasteiger partial charge in [-0.15, -0.1) is 0 Å². The van der Waals surface area contributed by atoms with Crippen LogP contribution in [0.4, 0.5) is 5.69 Å². The smallest absolute Gasteiger partial charge is 0.241 e. The van der Waals surface area contributed by atoms with Gasteiger partial charge in [0.2, 0.25) is 10.0 Å². The molecular formula is C21H25N3O2S. The summed E-state index contributed by atoms with van der Waals surface area (Å²) in [7, 11) is 0.217. The summed E-state index contributed by atoms with van der Waals surface area (Å²) in [5.41, 5.74) is 8.20. The van der Waals surface area contributed by atoms with Gasteiger partial charge in [0, 0.05) is 43.1 Å². The van der Waals surface area contributed by atoms with E-state index in [1.807, 2.05) is 73.6 Å². The van der Waals surface area contributed by atoms with Crippen LogP contribution in [0, 0.1) is 0 Å². The molecule has 0 aliphatic carbocycles. The number of hydrogen-bond donors (Lipinski definition) is 2. The maximum absolute atomic E-state index is 12.9. The average Bonchev–Trinajstić information content (AvgIpc) is 2.66. The van der Waals surface area contributed by atoms with Crippen LogP contribution in [0.3, 0.4) is 0 Å². The number of hydrogen-bond acceptors (Lipinski definition) is 4. The molecule has 0 aliphatic rings. The molecular weight excluding hydrogens is 358 g/mol. The molecule has 3 aromatic carbocycles. The molecule has 0 saturated carbocycles. The molecule has 0 bridgehead atoms. The molecule has 142 valence electrons. The zero-order valence-corrected chi connectivity index (χ0v) is 16.4. The standard InChI is InChI=1S/C21H25N3O2S/c1-24(2)20-12-6-11-19-18(20)10-7-13-21(19)27(25,26)23-15-17(22)14-16-8-4-3-5-9-16/h3-13,17,23H,14-15,22H2,1-2H3/t17-/m0/s1. The fourth-order valence-corrected chi connectivity index (χ4v) is 4.49. The van der Waals surface area contributed by atoms with Gasteiger partial charge in [-0.3, -0.25) is 0 Å². The summed E-state index contributed by atoms with van der Waals surface area (Å²) in [5, 5.41) is 1.60. The van der Waals surface area contributed by atoms with Crippen LogP contribution in [-0.4, -0.2) is 35.1 Å².